The minimum absolute atomic E-state index is 0.0712. The molecular weight excluding hydrogens is 248 g/mol. The van der Waals surface area contributed by atoms with Gasteiger partial charge in [0.15, 0.2) is 0 Å². The van der Waals surface area contributed by atoms with E-state index in [1.54, 1.807) is 0 Å². The van der Waals surface area contributed by atoms with E-state index in [9.17, 15) is 0 Å². The summed E-state index contributed by atoms with van der Waals surface area (Å²) in [6.07, 6.45) is 0. The lowest BCUT2D eigenvalue weighted by molar-refractivity contribution is 0.301. The van der Waals surface area contributed by atoms with Gasteiger partial charge in [-0.2, -0.15) is 0 Å². The maximum absolute atomic E-state index is 7.60. The SMILES string of the molecule is Cc1ccc(C)c(OCc2ccccc2C(=N)N)c1C. The van der Waals surface area contributed by atoms with Gasteiger partial charge >= 0.3 is 0 Å². The van der Waals surface area contributed by atoms with Crippen molar-refractivity contribution in [1.29, 1.82) is 5.41 Å². The van der Waals surface area contributed by atoms with E-state index in [2.05, 4.69) is 26.0 Å². The Labute approximate surface area is 119 Å². The Bertz CT molecular complexity index is 647. The quantitative estimate of drug-likeness (QED) is 0.659. The standard InChI is InChI=1S/C17H20N2O/c1-11-8-9-12(2)16(13(11)3)20-10-14-6-4-5-7-15(14)17(18)19/h4-9H,10H2,1-3H3,(H3,18,19). The summed E-state index contributed by atoms with van der Waals surface area (Å²) in [5.74, 6) is 0.991. The summed E-state index contributed by atoms with van der Waals surface area (Å²) < 4.78 is 5.97. The van der Waals surface area contributed by atoms with E-state index in [1.807, 2.05) is 31.2 Å². The first kappa shape index (κ1) is 14.1. The number of aryl methyl sites for hydroxylation is 2. The number of ether oxygens (including phenoxy) is 1. The number of rotatable bonds is 4. The molecule has 0 aliphatic carbocycles. The Hall–Kier alpha value is -2.29. The molecule has 2 rings (SSSR count). The lowest BCUT2D eigenvalue weighted by Crippen LogP contribution is -2.15. The van der Waals surface area contributed by atoms with Gasteiger partial charge in [0.05, 0.1) is 0 Å². The van der Waals surface area contributed by atoms with Gasteiger partial charge in [-0.05, 0) is 37.5 Å². The Morgan fingerprint density at radius 2 is 1.70 bits per heavy atom. The zero-order valence-corrected chi connectivity index (χ0v) is 12.2. The fourth-order valence-corrected chi connectivity index (χ4v) is 2.21. The highest BCUT2D eigenvalue weighted by atomic mass is 16.5. The van der Waals surface area contributed by atoms with Crippen molar-refractivity contribution in [3.63, 3.8) is 0 Å². The number of nitrogens with one attached hydrogen (secondary N) is 1. The zero-order chi connectivity index (χ0) is 14.7. The lowest BCUT2D eigenvalue weighted by atomic mass is 10.0. The summed E-state index contributed by atoms with van der Waals surface area (Å²) in [6.45, 7) is 6.60. The van der Waals surface area contributed by atoms with Crippen molar-refractivity contribution in [3.05, 3.63) is 64.2 Å². The summed E-state index contributed by atoms with van der Waals surface area (Å²) in [7, 11) is 0. The van der Waals surface area contributed by atoms with Crippen LogP contribution in [0.25, 0.3) is 0 Å². The third-order valence-electron chi connectivity index (χ3n) is 3.55. The van der Waals surface area contributed by atoms with Gasteiger partial charge in [0.1, 0.15) is 18.2 Å². The van der Waals surface area contributed by atoms with Crippen LogP contribution in [0.2, 0.25) is 0 Å². The third-order valence-corrected chi connectivity index (χ3v) is 3.55. The molecule has 3 heteroatoms. The summed E-state index contributed by atoms with van der Waals surface area (Å²) >= 11 is 0. The van der Waals surface area contributed by atoms with Crippen LogP contribution in [0.4, 0.5) is 0 Å². The highest BCUT2D eigenvalue weighted by Gasteiger charge is 2.09. The average molecular weight is 268 g/mol. The summed E-state index contributed by atoms with van der Waals surface area (Å²) in [5, 5.41) is 7.60. The largest absolute Gasteiger partial charge is 0.488 e. The topological polar surface area (TPSA) is 59.1 Å². The lowest BCUT2D eigenvalue weighted by Gasteiger charge is -2.15. The van der Waals surface area contributed by atoms with Crippen LogP contribution in [0.15, 0.2) is 36.4 Å². The van der Waals surface area contributed by atoms with Crippen LogP contribution in [-0.2, 0) is 6.61 Å². The molecule has 0 atom stereocenters. The van der Waals surface area contributed by atoms with Crippen molar-refractivity contribution in [3.8, 4) is 5.75 Å². The first-order chi connectivity index (χ1) is 9.50. The third kappa shape index (κ3) is 2.82. The van der Waals surface area contributed by atoms with Crippen molar-refractivity contribution in [1.82, 2.24) is 0 Å². The number of hydrogen-bond donors (Lipinski definition) is 2. The Kier molecular flexibility index (Phi) is 4.08. The molecule has 0 aliphatic heterocycles. The molecule has 0 aliphatic rings. The number of hydrogen-bond acceptors (Lipinski definition) is 2. The smallest absolute Gasteiger partial charge is 0.125 e. The summed E-state index contributed by atoms with van der Waals surface area (Å²) in [6, 6.07) is 11.8. The molecule has 0 radical (unpaired) electrons. The second kappa shape index (κ2) is 5.78. The number of nitrogens with two attached hydrogens (primary N) is 1. The first-order valence-electron chi connectivity index (χ1n) is 6.62. The zero-order valence-electron chi connectivity index (χ0n) is 12.2. The molecule has 3 N–H and O–H groups in total. The molecule has 3 nitrogen and oxygen atoms in total. The van der Waals surface area contributed by atoms with E-state index < -0.39 is 0 Å². The van der Waals surface area contributed by atoms with Gasteiger partial charge in [-0.3, -0.25) is 5.41 Å². The minimum Gasteiger partial charge on any atom is -0.488 e. The van der Waals surface area contributed by atoms with Crippen LogP contribution in [0, 0.1) is 26.2 Å². The second-order valence-electron chi connectivity index (χ2n) is 5.01. The van der Waals surface area contributed by atoms with Gasteiger partial charge in [0.2, 0.25) is 0 Å². The van der Waals surface area contributed by atoms with Crippen LogP contribution in [0.3, 0.4) is 0 Å². The van der Waals surface area contributed by atoms with E-state index in [-0.39, 0.29) is 5.84 Å². The molecule has 0 aromatic heterocycles. The van der Waals surface area contributed by atoms with Gasteiger partial charge in [0.25, 0.3) is 0 Å². The molecule has 2 aromatic rings. The van der Waals surface area contributed by atoms with E-state index in [0.717, 1.165) is 28.0 Å². The van der Waals surface area contributed by atoms with Crippen molar-refractivity contribution < 1.29 is 4.74 Å². The normalized spacial score (nSPS) is 10.3. The molecule has 0 amide bonds. The van der Waals surface area contributed by atoms with Crippen LogP contribution in [-0.4, -0.2) is 5.84 Å². The molecule has 20 heavy (non-hydrogen) atoms. The van der Waals surface area contributed by atoms with Gasteiger partial charge in [-0.15, -0.1) is 0 Å². The molecule has 0 saturated carbocycles. The van der Waals surface area contributed by atoms with Gasteiger partial charge < -0.3 is 10.5 Å². The van der Waals surface area contributed by atoms with Crippen molar-refractivity contribution in [2.24, 2.45) is 5.73 Å². The van der Waals surface area contributed by atoms with Gasteiger partial charge in [0, 0.05) is 11.1 Å². The van der Waals surface area contributed by atoms with E-state index in [0.29, 0.717) is 6.61 Å². The van der Waals surface area contributed by atoms with Gasteiger partial charge in [-0.1, -0.05) is 36.4 Å². The van der Waals surface area contributed by atoms with E-state index in [4.69, 9.17) is 15.9 Å². The van der Waals surface area contributed by atoms with E-state index in [1.165, 1.54) is 5.56 Å². The van der Waals surface area contributed by atoms with Crippen LogP contribution < -0.4 is 10.5 Å². The predicted octanol–water partition coefficient (Wildman–Crippen LogP) is 3.47. The Balaban J connectivity index is 2.26. The second-order valence-corrected chi connectivity index (χ2v) is 5.01. The minimum atomic E-state index is 0.0712. The first-order valence-corrected chi connectivity index (χ1v) is 6.62. The molecule has 0 unspecified atom stereocenters. The maximum Gasteiger partial charge on any atom is 0.125 e. The molecule has 104 valence electrons. The molecule has 0 bridgehead atoms. The van der Waals surface area contributed by atoms with Crippen LogP contribution >= 0.6 is 0 Å². The number of nitrogen functional groups attached to an aromatic ring is 1. The number of amidine groups is 1. The Morgan fingerprint density at radius 3 is 2.40 bits per heavy atom. The molecule has 0 fully saturated rings. The van der Waals surface area contributed by atoms with Crippen LogP contribution in [0.1, 0.15) is 27.8 Å². The monoisotopic (exact) mass is 268 g/mol. The summed E-state index contributed by atoms with van der Waals surface area (Å²) in [5.41, 5.74) is 10.7. The van der Waals surface area contributed by atoms with Gasteiger partial charge in [-0.25, -0.2) is 0 Å². The summed E-state index contributed by atoms with van der Waals surface area (Å²) in [4.78, 5) is 0. The molecule has 0 saturated heterocycles. The fraction of sp³-hybridized carbons (Fsp3) is 0.235. The van der Waals surface area contributed by atoms with Crippen molar-refractivity contribution in [2.45, 2.75) is 27.4 Å². The molecule has 0 heterocycles. The highest BCUT2D eigenvalue weighted by molar-refractivity contribution is 5.96. The molecular formula is C17H20N2O. The molecule has 0 spiro atoms. The fourth-order valence-electron chi connectivity index (χ4n) is 2.21. The maximum atomic E-state index is 7.60. The Morgan fingerprint density at radius 1 is 1.05 bits per heavy atom. The van der Waals surface area contributed by atoms with E-state index >= 15 is 0 Å². The number of benzene rings is 2. The van der Waals surface area contributed by atoms with Crippen molar-refractivity contribution >= 4 is 5.84 Å². The van der Waals surface area contributed by atoms with Crippen molar-refractivity contribution in [2.75, 3.05) is 0 Å². The van der Waals surface area contributed by atoms with Crippen LogP contribution in [0.5, 0.6) is 5.75 Å². The highest BCUT2D eigenvalue weighted by Crippen LogP contribution is 2.26. The average Bonchev–Trinajstić information content (AvgIpc) is 2.43. The predicted molar refractivity (Wildman–Crippen MR) is 82.4 cm³/mol. The molecule has 2 aromatic carbocycles.